The molecule has 28 heavy (non-hydrogen) atoms. The van der Waals surface area contributed by atoms with Crippen LogP contribution in [0, 0.1) is 0 Å². The summed E-state index contributed by atoms with van der Waals surface area (Å²) in [6.45, 7) is 7.95. The number of rotatable bonds is 3. The first-order valence-electron chi connectivity index (χ1n) is 9.51. The van der Waals surface area contributed by atoms with Gasteiger partial charge in [0.15, 0.2) is 0 Å². The van der Waals surface area contributed by atoms with Crippen molar-refractivity contribution in [2.75, 3.05) is 0 Å². The van der Waals surface area contributed by atoms with E-state index >= 15 is 0 Å². The number of alkyl halides is 3. The first-order valence-corrected chi connectivity index (χ1v) is 9.51. The second-order valence-electron chi connectivity index (χ2n) is 7.38. The minimum absolute atomic E-state index is 0.0992. The highest BCUT2D eigenvalue weighted by molar-refractivity contribution is 5.63. The Morgan fingerprint density at radius 1 is 0.571 bits per heavy atom. The van der Waals surface area contributed by atoms with Crippen LogP contribution in [0.4, 0.5) is 13.2 Å². The van der Waals surface area contributed by atoms with Gasteiger partial charge in [-0.15, -0.1) is 0 Å². The fourth-order valence-corrected chi connectivity index (χ4v) is 2.95. The molecule has 0 unspecified atom stereocenters. The minimum Gasteiger partial charge on any atom is -0.166 e. The molecule has 3 aromatic carbocycles. The molecule has 0 aromatic heterocycles. The molecule has 0 bridgehead atoms. The first kappa shape index (κ1) is 21.7. The van der Waals surface area contributed by atoms with Crippen LogP contribution in [-0.2, 0) is 6.18 Å². The number of hydrogen-bond acceptors (Lipinski definition) is 0. The van der Waals surface area contributed by atoms with Crippen molar-refractivity contribution in [1.82, 2.24) is 0 Å². The lowest BCUT2D eigenvalue weighted by molar-refractivity contribution is -0.138. The molecule has 0 aliphatic carbocycles. The maximum absolute atomic E-state index is 12.4. The lowest BCUT2D eigenvalue weighted by atomic mass is 9.97. The molecule has 0 nitrogen and oxygen atoms in total. The smallest absolute Gasteiger partial charge is 0.166 e. The summed E-state index contributed by atoms with van der Waals surface area (Å²) >= 11 is 0. The van der Waals surface area contributed by atoms with Gasteiger partial charge in [0.2, 0.25) is 0 Å². The van der Waals surface area contributed by atoms with Crippen molar-refractivity contribution in [3.63, 3.8) is 0 Å². The lowest BCUT2D eigenvalue weighted by Gasteiger charge is -2.14. The predicted molar refractivity (Wildman–Crippen MR) is 112 cm³/mol. The molecular formula is C25H27F3. The van der Waals surface area contributed by atoms with Gasteiger partial charge in [-0.3, -0.25) is 0 Å². The molecule has 0 radical (unpaired) electrons. The summed E-state index contributed by atoms with van der Waals surface area (Å²) < 4.78 is 37.2. The van der Waals surface area contributed by atoms with E-state index in [1.807, 2.05) is 6.07 Å². The third kappa shape index (κ3) is 5.98. The van der Waals surface area contributed by atoms with Gasteiger partial charge in [0.05, 0.1) is 5.56 Å². The van der Waals surface area contributed by atoms with Crippen LogP contribution in [0.3, 0.4) is 0 Å². The maximum atomic E-state index is 12.4. The zero-order valence-electron chi connectivity index (χ0n) is 16.8. The monoisotopic (exact) mass is 384 g/mol. The van der Waals surface area contributed by atoms with Gasteiger partial charge in [-0.2, -0.15) is 13.2 Å². The topological polar surface area (TPSA) is 0 Å². The van der Waals surface area contributed by atoms with Crippen LogP contribution in [0.25, 0.3) is 11.1 Å². The number of benzene rings is 3. The van der Waals surface area contributed by atoms with Gasteiger partial charge >= 0.3 is 6.18 Å². The Labute approximate surface area is 166 Å². The zero-order valence-corrected chi connectivity index (χ0v) is 16.8. The van der Waals surface area contributed by atoms with Gasteiger partial charge < -0.3 is 0 Å². The lowest BCUT2D eigenvalue weighted by Crippen LogP contribution is -2.09. The van der Waals surface area contributed by atoms with Crippen molar-refractivity contribution in [3.05, 3.63) is 95.6 Å². The van der Waals surface area contributed by atoms with Crippen molar-refractivity contribution in [2.24, 2.45) is 0 Å². The molecule has 0 amide bonds. The van der Waals surface area contributed by atoms with Crippen molar-refractivity contribution >= 4 is 0 Å². The SMILES string of the molecule is CC(C)c1ccc(-c2ccccc2)cc1.CC(C)c1ccccc1C(F)(F)F. The molecule has 0 atom stereocenters. The second kappa shape index (κ2) is 9.59. The van der Waals surface area contributed by atoms with Crippen molar-refractivity contribution in [2.45, 2.75) is 45.7 Å². The minimum atomic E-state index is -4.24. The summed E-state index contributed by atoms with van der Waals surface area (Å²) in [5.41, 5.74) is 3.81. The zero-order chi connectivity index (χ0) is 20.7. The molecule has 0 saturated carbocycles. The van der Waals surface area contributed by atoms with Gasteiger partial charge in [-0.05, 0) is 40.2 Å². The summed E-state index contributed by atoms with van der Waals surface area (Å²) in [5.74, 6) is 0.507. The van der Waals surface area contributed by atoms with Crippen molar-refractivity contribution in [3.8, 4) is 11.1 Å². The van der Waals surface area contributed by atoms with Crippen LogP contribution < -0.4 is 0 Å². The Kier molecular flexibility index (Phi) is 7.45. The Bertz CT molecular complexity index is 845. The van der Waals surface area contributed by atoms with E-state index in [4.69, 9.17) is 0 Å². The molecule has 3 rings (SSSR count). The Balaban J connectivity index is 0.000000203. The number of halogens is 3. The third-order valence-electron chi connectivity index (χ3n) is 4.57. The van der Waals surface area contributed by atoms with E-state index in [2.05, 4.69) is 62.4 Å². The van der Waals surface area contributed by atoms with Gasteiger partial charge in [0.25, 0.3) is 0 Å². The molecule has 3 aromatic rings. The molecule has 3 heteroatoms. The third-order valence-corrected chi connectivity index (χ3v) is 4.57. The predicted octanol–water partition coefficient (Wildman–Crippen LogP) is 8.31. The Morgan fingerprint density at radius 2 is 1.07 bits per heavy atom. The Morgan fingerprint density at radius 3 is 1.54 bits per heavy atom. The summed E-state index contributed by atoms with van der Waals surface area (Å²) in [5, 5.41) is 0. The van der Waals surface area contributed by atoms with E-state index in [0.717, 1.165) is 6.07 Å². The highest BCUT2D eigenvalue weighted by Crippen LogP contribution is 2.34. The highest BCUT2D eigenvalue weighted by Gasteiger charge is 2.33. The molecular weight excluding hydrogens is 357 g/mol. The molecule has 0 spiro atoms. The number of hydrogen-bond donors (Lipinski definition) is 0. The maximum Gasteiger partial charge on any atom is 0.416 e. The Hall–Kier alpha value is -2.55. The van der Waals surface area contributed by atoms with E-state index in [1.54, 1.807) is 19.9 Å². The quantitative estimate of drug-likeness (QED) is 0.426. The average Bonchev–Trinajstić information content (AvgIpc) is 2.68. The normalized spacial score (nSPS) is 11.3. The standard InChI is InChI=1S/C15H16.C10H11F3/c1-12(2)13-8-10-15(11-9-13)14-6-4-3-5-7-14;1-7(2)8-5-3-4-6-9(8)10(11,12)13/h3-12H,1-2H3;3-7H,1-2H3. The molecule has 148 valence electrons. The summed E-state index contributed by atoms with van der Waals surface area (Å²) in [4.78, 5) is 0. The fraction of sp³-hybridized carbons (Fsp3) is 0.280. The van der Waals surface area contributed by atoms with E-state index in [1.165, 1.54) is 28.8 Å². The van der Waals surface area contributed by atoms with Crippen molar-refractivity contribution < 1.29 is 13.2 Å². The van der Waals surface area contributed by atoms with Crippen LogP contribution in [0.15, 0.2) is 78.9 Å². The molecule has 0 aliphatic heterocycles. The van der Waals surface area contributed by atoms with Crippen LogP contribution in [-0.4, -0.2) is 0 Å². The van der Waals surface area contributed by atoms with Crippen molar-refractivity contribution in [1.29, 1.82) is 0 Å². The van der Waals surface area contributed by atoms with E-state index < -0.39 is 11.7 Å². The largest absolute Gasteiger partial charge is 0.416 e. The second-order valence-corrected chi connectivity index (χ2v) is 7.38. The van der Waals surface area contributed by atoms with E-state index in [0.29, 0.717) is 11.5 Å². The van der Waals surface area contributed by atoms with Gasteiger partial charge in [0, 0.05) is 0 Å². The fourth-order valence-electron chi connectivity index (χ4n) is 2.95. The van der Waals surface area contributed by atoms with E-state index in [-0.39, 0.29) is 5.92 Å². The van der Waals surface area contributed by atoms with Gasteiger partial charge in [0.1, 0.15) is 0 Å². The summed E-state index contributed by atoms with van der Waals surface area (Å²) in [7, 11) is 0. The van der Waals surface area contributed by atoms with Crippen LogP contribution in [0.5, 0.6) is 0 Å². The van der Waals surface area contributed by atoms with Crippen LogP contribution >= 0.6 is 0 Å². The highest BCUT2D eigenvalue weighted by atomic mass is 19.4. The molecule has 0 saturated heterocycles. The van der Waals surface area contributed by atoms with Gasteiger partial charge in [-0.25, -0.2) is 0 Å². The molecule has 0 N–H and O–H groups in total. The van der Waals surface area contributed by atoms with E-state index in [9.17, 15) is 13.2 Å². The molecule has 0 aliphatic rings. The summed E-state index contributed by atoms with van der Waals surface area (Å²) in [6, 6.07) is 25.0. The van der Waals surface area contributed by atoms with Gasteiger partial charge in [-0.1, -0.05) is 100 Å². The first-order chi connectivity index (χ1) is 13.2. The summed E-state index contributed by atoms with van der Waals surface area (Å²) in [6.07, 6.45) is -4.24. The molecule has 0 heterocycles. The molecule has 0 fully saturated rings. The van der Waals surface area contributed by atoms with Crippen LogP contribution in [0.2, 0.25) is 0 Å². The van der Waals surface area contributed by atoms with Crippen LogP contribution in [0.1, 0.15) is 56.2 Å². The average molecular weight is 384 g/mol.